The van der Waals surface area contributed by atoms with Gasteiger partial charge in [0, 0.05) is 30.9 Å². The Balaban J connectivity index is 1.64. The number of methoxy groups -OCH3 is 1. The number of hydrogen-bond acceptors (Lipinski definition) is 6. The zero-order chi connectivity index (χ0) is 23.8. The maximum absolute atomic E-state index is 13.3. The topological polar surface area (TPSA) is 89.0 Å². The number of aliphatic hydroxyl groups excluding tert-OH is 1. The Morgan fingerprint density at radius 3 is 2.79 bits per heavy atom. The number of amides is 1. The molecule has 34 heavy (non-hydrogen) atoms. The number of Topliss-reactive ketones (excluding diaryl/α,β-unsaturated/α-hetero) is 1. The number of ether oxygens (including phenoxy) is 2. The first kappa shape index (κ1) is 21.7. The molecule has 1 aromatic heterocycles. The Hall–Kier alpha value is -4.13. The summed E-state index contributed by atoms with van der Waals surface area (Å²) in [6.07, 6.45) is 4.07. The molecule has 0 bridgehead atoms. The van der Waals surface area contributed by atoms with E-state index in [2.05, 4.69) is 4.98 Å². The van der Waals surface area contributed by atoms with Crippen LogP contribution in [0.5, 0.6) is 11.5 Å². The van der Waals surface area contributed by atoms with Crippen LogP contribution in [-0.2, 0) is 22.6 Å². The standard InChI is InChI=1S/C27H24N2O5/c1-16-11-20-12-19(8-9-22(20)34-16)25(30)23-24(18-6-3-7-21(13-18)33-2)29(27(32)26(23)31)15-17-5-4-10-28-14-17/h3-10,12-14,16,24,30H,11,15H2,1-2H3/t16-,24+/m1/s1. The number of nitrogens with zero attached hydrogens (tertiary/aromatic N) is 2. The van der Waals surface area contributed by atoms with Gasteiger partial charge in [0.1, 0.15) is 23.4 Å². The van der Waals surface area contributed by atoms with Gasteiger partial charge in [-0.1, -0.05) is 18.2 Å². The van der Waals surface area contributed by atoms with Crippen molar-refractivity contribution in [3.63, 3.8) is 0 Å². The van der Waals surface area contributed by atoms with Crippen LogP contribution in [0.2, 0.25) is 0 Å². The summed E-state index contributed by atoms with van der Waals surface area (Å²) in [4.78, 5) is 32.0. The number of aliphatic hydroxyl groups is 1. The SMILES string of the molecule is COc1cccc([C@H]2C(=C(O)c3ccc4c(c3)C[C@@H](C)O4)C(=O)C(=O)N2Cc2cccnc2)c1. The number of fused-ring (bicyclic) bond motifs is 1. The normalized spacial score (nSPS) is 20.8. The van der Waals surface area contributed by atoms with Crippen molar-refractivity contribution >= 4 is 17.4 Å². The van der Waals surface area contributed by atoms with Crippen LogP contribution in [0.3, 0.4) is 0 Å². The monoisotopic (exact) mass is 456 g/mol. The van der Waals surface area contributed by atoms with Gasteiger partial charge in [0.15, 0.2) is 0 Å². The van der Waals surface area contributed by atoms with Crippen LogP contribution < -0.4 is 9.47 Å². The van der Waals surface area contributed by atoms with Gasteiger partial charge in [-0.3, -0.25) is 14.6 Å². The van der Waals surface area contributed by atoms with Crippen molar-refractivity contribution in [2.45, 2.75) is 32.0 Å². The van der Waals surface area contributed by atoms with Gasteiger partial charge in [-0.25, -0.2) is 0 Å². The molecular formula is C27H24N2O5. The van der Waals surface area contributed by atoms with Crippen LogP contribution in [0, 0.1) is 0 Å². The third-order valence-electron chi connectivity index (χ3n) is 6.19. The molecule has 2 aromatic carbocycles. The summed E-state index contributed by atoms with van der Waals surface area (Å²) in [5, 5.41) is 11.3. The van der Waals surface area contributed by atoms with Crippen molar-refractivity contribution in [3.05, 3.63) is 94.8 Å². The van der Waals surface area contributed by atoms with Gasteiger partial charge < -0.3 is 19.5 Å². The molecule has 0 aliphatic carbocycles. The lowest BCUT2D eigenvalue weighted by Gasteiger charge is -2.25. The second kappa shape index (κ2) is 8.67. The molecule has 2 atom stereocenters. The number of carbonyl (C=O) groups excluding carboxylic acids is 2. The highest BCUT2D eigenvalue weighted by Gasteiger charge is 2.46. The van der Waals surface area contributed by atoms with Gasteiger partial charge in [-0.05, 0) is 60.0 Å². The Morgan fingerprint density at radius 2 is 2.03 bits per heavy atom. The molecule has 2 aliphatic rings. The Bertz CT molecular complexity index is 1300. The van der Waals surface area contributed by atoms with E-state index in [4.69, 9.17) is 9.47 Å². The van der Waals surface area contributed by atoms with Crippen molar-refractivity contribution < 1.29 is 24.2 Å². The molecule has 3 aromatic rings. The average molecular weight is 456 g/mol. The first-order chi connectivity index (χ1) is 16.5. The Labute approximate surface area is 197 Å². The quantitative estimate of drug-likeness (QED) is 0.354. The fraction of sp³-hybridized carbons (Fsp3) is 0.222. The Kier molecular flexibility index (Phi) is 5.53. The molecular weight excluding hydrogens is 432 g/mol. The van der Waals surface area contributed by atoms with Crippen LogP contribution in [0.15, 0.2) is 72.6 Å². The summed E-state index contributed by atoms with van der Waals surface area (Å²) in [6, 6.07) is 15.4. The number of benzene rings is 2. The lowest BCUT2D eigenvalue weighted by atomic mass is 9.94. The van der Waals surface area contributed by atoms with Gasteiger partial charge in [0.2, 0.25) is 0 Å². The van der Waals surface area contributed by atoms with Crippen molar-refractivity contribution in [3.8, 4) is 11.5 Å². The van der Waals surface area contributed by atoms with Crippen LogP contribution in [0.1, 0.15) is 35.2 Å². The molecule has 0 saturated carbocycles. The predicted octanol–water partition coefficient (Wildman–Crippen LogP) is 4.04. The summed E-state index contributed by atoms with van der Waals surface area (Å²) in [6.45, 7) is 2.15. The van der Waals surface area contributed by atoms with Crippen LogP contribution in [-0.4, -0.2) is 39.9 Å². The fourth-order valence-corrected chi connectivity index (χ4v) is 4.61. The molecule has 1 N–H and O–H groups in total. The molecule has 1 saturated heterocycles. The molecule has 0 spiro atoms. The molecule has 7 nitrogen and oxygen atoms in total. The number of rotatable bonds is 5. The lowest BCUT2D eigenvalue weighted by Crippen LogP contribution is -2.29. The first-order valence-electron chi connectivity index (χ1n) is 11.1. The number of hydrogen-bond donors (Lipinski definition) is 1. The minimum atomic E-state index is -0.779. The summed E-state index contributed by atoms with van der Waals surface area (Å²) >= 11 is 0. The smallest absolute Gasteiger partial charge is 0.295 e. The molecule has 1 amide bonds. The molecule has 5 rings (SSSR count). The van der Waals surface area contributed by atoms with Crippen LogP contribution in [0.25, 0.3) is 5.76 Å². The van der Waals surface area contributed by atoms with E-state index in [1.165, 1.54) is 4.90 Å². The van der Waals surface area contributed by atoms with Crippen molar-refractivity contribution in [2.75, 3.05) is 7.11 Å². The molecule has 172 valence electrons. The van der Waals surface area contributed by atoms with E-state index in [-0.39, 0.29) is 24.0 Å². The first-order valence-corrected chi connectivity index (χ1v) is 11.1. The van der Waals surface area contributed by atoms with E-state index in [0.29, 0.717) is 23.3 Å². The number of likely N-dealkylation sites (tertiary alicyclic amines) is 1. The highest BCUT2D eigenvalue weighted by Crippen LogP contribution is 2.42. The van der Waals surface area contributed by atoms with Gasteiger partial charge >= 0.3 is 0 Å². The molecule has 1 fully saturated rings. The average Bonchev–Trinajstić information content (AvgIpc) is 3.35. The van der Waals surface area contributed by atoms with Crippen molar-refractivity contribution in [1.82, 2.24) is 9.88 Å². The van der Waals surface area contributed by atoms with Crippen molar-refractivity contribution in [2.24, 2.45) is 0 Å². The summed E-state index contributed by atoms with van der Waals surface area (Å²) in [7, 11) is 1.55. The summed E-state index contributed by atoms with van der Waals surface area (Å²) < 4.78 is 11.1. The molecule has 3 heterocycles. The van der Waals surface area contributed by atoms with E-state index >= 15 is 0 Å². The van der Waals surface area contributed by atoms with Crippen LogP contribution >= 0.6 is 0 Å². The molecule has 0 unspecified atom stereocenters. The maximum Gasteiger partial charge on any atom is 0.295 e. The van der Waals surface area contributed by atoms with Crippen LogP contribution in [0.4, 0.5) is 0 Å². The number of aromatic nitrogens is 1. The van der Waals surface area contributed by atoms with E-state index in [9.17, 15) is 14.7 Å². The zero-order valence-corrected chi connectivity index (χ0v) is 18.9. The fourth-order valence-electron chi connectivity index (χ4n) is 4.61. The van der Waals surface area contributed by atoms with Gasteiger partial charge in [0.05, 0.1) is 18.7 Å². The largest absolute Gasteiger partial charge is 0.507 e. The van der Waals surface area contributed by atoms with E-state index in [1.54, 1.807) is 55.9 Å². The summed E-state index contributed by atoms with van der Waals surface area (Å²) in [5.74, 6) is -0.239. The lowest BCUT2D eigenvalue weighted by molar-refractivity contribution is -0.140. The van der Waals surface area contributed by atoms with E-state index in [0.717, 1.165) is 16.9 Å². The third-order valence-corrected chi connectivity index (χ3v) is 6.19. The molecule has 2 aliphatic heterocycles. The summed E-state index contributed by atoms with van der Waals surface area (Å²) in [5.41, 5.74) is 2.93. The minimum Gasteiger partial charge on any atom is -0.507 e. The number of ketones is 1. The maximum atomic E-state index is 13.3. The second-order valence-electron chi connectivity index (χ2n) is 8.52. The van der Waals surface area contributed by atoms with E-state index in [1.807, 2.05) is 25.1 Å². The number of pyridine rings is 1. The highest BCUT2D eigenvalue weighted by molar-refractivity contribution is 6.46. The van der Waals surface area contributed by atoms with Gasteiger partial charge in [-0.15, -0.1) is 0 Å². The van der Waals surface area contributed by atoms with Gasteiger partial charge in [-0.2, -0.15) is 0 Å². The van der Waals surface area contributed by atoms with E-state index < -0.39 is 17.7 Å². The molecule has 7 heteroatoms. The second-order valence-corrected chi connectivity index (χ2v) is 8.52. The number of carbonyl (C=O) groups is 2. The molecule has 0 radical (unpaired) electrons. The Morgan fingerprint density at radius 1 is 1.18 bits per heavy atom. The van der Waals surface area contributed by atoms with Crippen molar-refractivity contribution in [1.29, 1.82) is 0 Å². The zero-order valence-electron chi connectivity index (χ0n) is 18.9. The van der Waals surface area contributed by atoms with Gasteiger partial charge in [0.25, 0.3) is 11.7 Å². The predicted molar refractivity (Wildman–Crippen MR) is 125 cm³/mol. The minimum absolute atomic E-state index is 0.0501. The highest BCUT2D eigenvalue weighted by atomic mass is 16.5. The third kappa shape index (κ3) is 3.79.